The zero-order valence-electron chi connectivity index (χ0n) is 16.8. The number of hydrogen-bond donors (Lipinski definition) is 2. The van der Waals surface area contributed by atoms with Crippen LogP contribution in [0.5, 0.6) is 0 Å². The Morgan fingerprint density at radius 3 is 2.53 bits per heavy atom. The molecule has 1 fully saturated rings. The summed E-state index contributed by atoms with van der Waals surface area (Å²) < 4.78 is 14.1. The molecule has 2 N–H and O–H groups in total. The van der Waals surface area contributed by atoms with Crippen LogP contribution in [0.25, 0.3) is 10.9 Å². The van der Waals surface area contributed by atoms with Gasteiger partial charge in [0.2, 0.25) is 5.91 Å². The van der Waals surface area contributed by atoms with Crippen LogP contribution in [0.3, 0.4) is 0 Å². The van der Waals surface area contributed by atoms with Crippen LogP contribution < -0.4 is 10.9 Å². The molecule has 152 valence electrons. The van der Waals surface area contributed by atoms with E-state index < -0.39 is 11.5 Å². The Morgan fingerprint density at radius 2 is 1.93 bits per heavy atom. The predicted octanol–water partition coefficient (Wildman–Crippen LogP) is 2.85. The molecule has 7 nitrogen and oxygen atoms in total. The summed E-state index contributed by atoms with van der Waals surface area (Å²) in [7, 11) is 0. The maximum absolute atomic E-state index is 14.1. The van der Waals surface area contributed by atoms with Gasteiger partial charge in [0.05, 0.1) is 17.0 Å². The van der Waals surface area contributed by atoms with Crippen molar-refractivity contribution >= 4 is 16.8 Å². The molecule has 1 aliphatic rings. The lowest BCUT2D eigenvalue weighted by molar-refractivity contribution is -0.124. The number of benzene rings is 1. The van der Waals surface area contributed by atoms with Crippen LogP contribution in [0.15, 0.2) is 29.3 Å². The second-order valence-electron chi connectivity index (χ2n) is 7.77. The summed E-state index contributed by atoms with van der Waals surface area (Å²) >= 11 is 0. The number of hydrogen-bond acceptors (Lipinski definition) is 5. The molecule has 2 heterocycles. The molecule has 0 radical (unpaired) electrons. The Hall–Kier alpha value is -3.60. The molecule has 1 atom stereocenters. The molecule has 0 spiro atoms. The molecule has 2 aromatic heterocycles. The fourth-order valence-electron chi connectivity index (χ4n) is 4.06. The van der Waals surface area contributed by atoms with Crippen molar-refractivity contribution in [1.29, 1.82) is 5.26 Å². The highest BCUT2D eigenvalue weighted by molar-refractivity contribution is 5.95. The third-order valence-electron chi connectivity index (χ3n) is 5.82. The van der Waals surface area contributed by atoms with Gasteiger partial charge in [0, 0.05) is 28.9 Å². The van der Waals surface area contributed by atoms with Crippen molar-refractivity contribution in [3.63, 3.8) is 0 Å². The predicted molar refractivity (Wildman–Crippen MR) is 108 cm³/mol. The Bertz CT molecular complexity index is 1270. The minimum Gasteiger partial charge on any atom is -0.346 e. The van der Waals surface area contributed by atoms with Crippen molar-refractivity contribution in [2.24, 2.45) is 0 Å². The number of aromatic amines is 1. The molecule has 1 aromatic carbocycles. The smallest absolute Gasteiger partial charge is 0.252 e. The van der Waals surface area contributed by atoms with E-state index in [0.717, 1.165) is 0 Å². The molecule has 0 aliphatic heterocycles. The molecule has 1 amide bonds. The summed E-state index contributed by atoms with van der Waals surface area (Å²) in [6.07, 6.45) is 3.86. The number of aromatic nitrogens is 3. The van der Waals surface area contributed by atoms with Gasteiger partial charge in [-0.15, -0.1) is 0 Å². The number of pyridine rings is 1. The number of aryl methyl sites for hydroxylation is 2. The molecule has 30 heavy (non-hydrogen) atoms. The van der Waals surface area contributed by atoms with E-state index in [4.69, 9.17) is 5.26 Å². The number of carbonyl (C=O) groups excluding carboxylic acids is 1. The second kappa shape index (κ2) is 7.02. The molecule has 0 unspecified atom stereocenters. The van der Waals surface area contributed by atoms with E-state index >= 15 is 0 Å². The molecule has 8 heteroatoms. The van der Waals surface area contributed by atoms with Crippen LogP contribution in [0, 0.1) is 31.0 Å². The number of nitrogens with one attached hydrogen (secondary N) is 2. The van der Waals surface area contributed by atoms with Gasteiger partial charge in [0.25, 0.3) is 5.56 Å². The normalized spacial score (nSPS) is 15.4. The van der Waals surface area contributed by atoms with E-state index in [1.54, 1.807) is 26.8 Å². The molecule has 1 saturated carbocycles. The molecule has 0 bridgehead atoms. The van der Waals surface area contributed by atoms with Gasteiger partial charge in [-0.2, -0.15) is 5.26 Å². The number of nitriles is 1. The highest BCUT2D eigenvalue weighted by atomic mass is 19.1. The average Bonchev–Trinajstić information content (AvgIpc) is 3.52. The first kappa shape index (κ1) is 19.7. The zero-order chi connectivity index (χ0) is 21.6. The number of halogens is 1. The first-order valence-electron chi connectivity index (χ1n) is 9.63. The third kappa shape index (κ3) is 3.03. The van der Waals surface area contributed by atoms with E-state index in [2.05, 4.69) is 20.3 Å². The Kier molecular flexibility index (Phi) is 4.61. The quantitative estimate of drug-likeness (QED) is 0.693. The van der Waals surface area contributed by atoms with Gasteiger partial charge in [-0.3, -0.25) is 9.59 Å². The lowest BCUT2D eigenvalue weighted by Crippen LogP contribution is -2.40. The molecular formula is C22H20FN5O2. The molecule has 3 aromatic rings. The van der Waals surface area contributed by atoms with E-state index in [9.17, 15) is 14.0 Å². The van der Waals surface area contributed by atoms with Gasteiger partial charge in [0.15, 0.2) is 0 Å². The topological polar surface area (TPSA) is 112 Å². The summed E-state index contributed by atoms with van der Waals surface area (Å²) in [5.41, 5.74) is 1.05. The Labute approximate surface area is 172 Å². The van der Waals surface area contributed by atoms with Crippen LogP contribution >= 0.6 is 0 Å². The van der Waals surface area contributed by atoms with Crippen molar-refractivity contribution in [2.45, 2.75) is 45.1 Å². The van der Waals surface area contributed by atoms with Gasteiger partial charge in [-0.25, -0.2) is 14.4 Å². The van der Waals surface area contributed by atoms with Crippen LogP contribution in [0.2, 0.25) is 0 Å². The van der Waals surface area contributed by atoms with Gasteiger partial charge >= 0.3 is 0 Å². The number of amides is 1. The number of H-pyrrole nitrogens is 1. The van der Waals surface area contributed by atoms with Crippen molar-refractivity contribution < 1.29 is 9.18 Å². The Balaban J connectivity index is 1.71. The summed E-state index contributed by atoms with van der Waals surface area (Å²) in [4.78, 5) is 37.1. The highest BCUT2D eigenvalue weighted by Crippen LogP contribution is 2.49. The highest BCUT2D eigenvalue weighted by Gasteiger charge is 2.54. The minimum atomic E-state index is -0.953. The lowest BCUT2D eigenvalue weighted by Gasteiger charge is -2.21. The number of rotatable bonds is 4. The average molecular weight is 405 g/mol. The zero-order valence-corrected chi connectivity index (χ0v) is 16.8. The number of carbonyl (C=O) groups is 1. The maximum atomic E-state index is 14.1. The molecule has 4 rings (SSSR count). The van der Waals surface area contributed by atoms with Gasteiger partial charge in [-0.1, -0.05) is 0 Å². The van der Waals surface area contributed by atoms with E-state index in [1.165, 1.54) is 18.5 Å². The van der Waals surface area contributed by atoms with E-state index in [1.807, 2.05) is 6.07 Å². The fraction of sp³-hybridized carbons (Fsp3) is 0.318. The van der Waals surface area contributed by atoms with Crippen LogP contribution in [0.4, 0.5) is 4.39 Å². The van der Waals surface area contributed by atoms with Gasteiger partial charge in [-0.05, 0) is 56.9 Å². The standard InChI is InChI=1S/C22H20FN5O2/c1-11-15(23)4-5-16-17(11)12(2)18(20(29)28-16)22(6-7-22)21(30)27-13(3)19-25-9-14(8-24)10-26-19/h4-5,9-10,13H,6-7H2,1-3H3,(H,27,30)(H,28,29)/t13-/m0/s1. The third-order valence-corrected chi connectivity index (χ3v) is 5.82. The van der Waals surface area contributed by atoms with Crippen molar-refractivity contribution in [3.05, 3.63) is 68.8 Å². The molecule has 0 saturated heterocycles. The van der Waals surface area contributed by atoms with E-state index in [0.29, 0.717) is 51.8 Å². The monoisotopic (exact) mass is 405 g/mol. The first-order chi connectivity index (χ1) is 14.3. The summed E-state index contributed by atoms with van der Waals surface area (Å²) in [5.74, 6) is -0.269. The van der Waals surface area contributed by atoms with Crippen molar-refractivity contribution in [2.75, 3.05) is 0 Å². The SMILES string of the molecule is Cc1c(F)ccc2[nH]c(=O)c(C3(C(=O)N[C@@H](C)c4ncc(C#N)cn4)CC3)c(C)c12. The van der Waals surface area contributed by atoms with Gasteiger partial charge < -0.3 is 10.3 Å². The van der Waals surface area contributed by atoms with Gasteiger partial charge in [0.1, 0.15) is 17.7 Å². The van der Waals surface area contributed by atoms with Crippen LogP contribution in [0.1, 0.15) is 53.9 Å². The van der Waals surface area contributed by atoms with Crippen LogP contribution in [-0.2, 0) is 10.2 Å². The fourth-order valence-corrected chi connectivity index (χ4v) is 4.06. The van der Waals surface area contributed by atoms with Crippen LogP contribution in [-0.4, -0.2) is 20.9 Å². The summed E-state index contributed by atoms with van der Waals surface area (Å²) in [6.45, 7) is 5.17. The summed E-state index contributed by atoms with van der Waals surface area (Å²) in [6, 6.07) is 4.32. The minimum absolute atomic E-state index is 0.287. The maximum Gasteiger partial charge on any atom is 0.252 e. The Morgan fingerprint density at radius 1 is 1.27 bits per heavy atom. The molecule has 1 aliphatic carbocycles. The molecular weight excluding hydrogens is 385 g/mol. The van der Waals surface area contributed by atoms with E-state index in [-0.39, 0.29) is 17.3 Å². The van der Waals surface area contributed by atoms with Crippen molar-refractivity contribution in [1.82, 2.24) is 20.3 Å². The lowest BCUT2D eigenvalue weighted by atomic mass is 9.89. The van der Waals surface area contributed by atoms with Crippen molar-refractivity contribution in [3.8, 4) is 6.07 Å². The summed E-state index contributed by atoms with van der Waals surface area (Å²) in [5, 5.41) is 12.4. The number of nitrogens with zero attached hydrogens (tertiary/aromatic N) is 3. The largest absolute Gasteiger partial charge is 0.346 e. The number of fused-ring (bicyclic) bond motifs is 1. The second-order valence-corrected chi connectivity index (χ2v) is 7.77. The first-order valence-corrected chi connectivity index (χ1v) is 9.63.